The molecular weight excluding hydrogens is 245 g/mol. The third-order valence-corrected chi connectivity index (χ3v) is 3.71. The van der Waals surface area contributed by atoms with Crippen LogP contribution in [0.3, 0.4) is 0 Å². The molecule has 0 radical (unpaired) electrons. The molecule has 0 aromatic carbocycles. The molecule has 6 heteroatoms. The summed E-state index contributed by atoms with van der Waals surface area (Å²) in [5.74, 6) is 0.250. The van der Waals surface area contributed by atoms with Gasteiger partial charge >= 0.3 is 0 Å². The Hall–Kier alpha value is -1.69. The summed E-state index contributed by atoms with van der Waals surface area (Å²) in [6.07, 6.45) is 5.09. The first-order chi connectivity index (χ1) is 9.22. The number of fused-ring (bicyclic) bond motifs is 1. The lowest BCUT2D eigenvalue weighted by Gasteiger charge is -2.32. The highest BCUT2D eigenvalue weighted by atomic mass is 19.1. The molecule has 5 nitrogen and oxygen atoms in total. The van der Waals surface area contributed by atoms with Gasteiger partial charge in [-0.3, -0.25) is 0 Å². The molecule has 1 aliphatic heterocycles. The topological polar surface area (TPSA) is 45.5 Å². The quantitative estimate of drug-likeness (QED) is 0.916. The Bertz CT molecular complexity index is 567. The predicted octanol–water partition coefficient (Wildman–Crippen LogP) is 1.76. The predicted molar refractivity (Wildman–Crippen MR) is 71.7 cm³/mol. The molecular formula is C13H18FN5. The molecule has 3 heterocycles. The second kappa shape index (κ2) is 5.13. The maximum Gasteiger partial charge on any atom is 0.243 e. The SMILES string of the molecule is CN1CCCCC1CNc1nc2ccc(F)cn2n1. The molecule has 1 fully saturated rings. The Balaban J connectivity index is 1.68. The van der Waals surface area contributed by atoms with Gasteiger partial charge in [-0.2, -0.15) is 4.98 Å². The number of likely N-dealkylation sites (tertiary alicyclic amines) is 1. The summed E-state index contributed by atoms with van der Waals surface area (Å²) in [6.45, 7) is 1.98. The minimum Gasteiger partial charge on any atom is -0.351 e. The first kappa shape index (κ1) is 12.3. The van der Waals surface area contributed by atoms with Crippen molar-refractivity contribution in [2.24, 2.45) is 0 Å². The number of pyridine rings is 1. The highest BCUT2D eigenvalue weighted by Gasteiger charge is 2.18. The summed E-state index contributed by atoms with van der Waals surface area (Å²) in [7, 11) is 2.15. The Morgan fingerprint density at radius 2 is 2.32 bits per heavy atom. The Kier molecular flexibility index (Phi) is 3.33. The number of aromatic nitrogens is 3. The minimum absolute atomic E-state index is 0.309. The van der Waals surface area contributed by atoms with E-state index in [2.05, 4.69) is 27.3 Å². The molecule has 1 saturated heterocycles. The number of hydrogen-bond donors (Lipinski definition) is 1. The fourth-order valence-electron chi connectivity index (χ4n) is 2.54. The molecule has 1 unspecified atom stereocenters. The molecule has 1 N–H and O–H groups in total. The van der Waals surface area contributed by atoms with E-state index in [4.69, 9.17) is 0 Å². The van der Waals surface area contributed by atoms with E-state index in [1.54, 1.807) is 6.07 Å². The number of rotatable bonds is 3. The van der Waals surface area contributed by atoms with Gasteiger partial charge in [0.2, 0.25) is 5.95 Å². The van der Waals surface area contributed by atoms with Crippen LogP contribution in [0.15, 0.2) is 18.3 Å². The van der Waals surface area contributed by atoms with Crippen LogP contribution < -0.4 is 5.32 Å². The van der Waals surface area contributed by atoms with Gasteiger partial charge in [0.15, 0.2) is 5.65 Å². The van der Waals surface area contributed by atoms with Gasteiger partial charge < -0.3 is 10.2 Å². The van der Waals surface area contributed by atoms with Crippen LogP contribution in [-0.4, -0.2) is 45.7 Å². The zero-order chi connectivity index (χ0) is 13.2. The van der Waals surface area contributed by atoms with E-state index in [1.165, 1.54) is 36.0 Å². The first-order valence-electron chi connectivity index (χ1n) is 6.68. The molecule has 0 amide bonds. The van der Waals surface area contributed by atoms with Crippen LogP contribution in [0.4, 0.5) is 10.3 Å². The molecule has 2 aromatic heterocycles. The summed E-state index contributed by atoms with van der Waals surface area (Å²) in [4.78, 5) is 6.69. The van der Waals surface area contributed by atoms with Gasteiger partial charge in [-0.25, -0.2) is 8.91 Å². The van der Waals surface area contributed by atoms with E-state index < -0.39 is 0 Å². The maximum atomic E-state index is 13.1. The number of likely N-dealkylation sites (N-methyl/N-ethyl adjacent to an activating group) is 1. The van der Waals surface area contributed by atoms with E-state index in [0.717, 1.165) is 13.1 Å². The van der Waals surface area contributed by atoms with E-state index >= 15 is 0 Å². The molecule has 0 saturated carbocycles. The lowest BCUT2D eigenvalue weighted by molar-refractivity contribution is 0.194. The first-order valence-corrected chi connectivity index (χ1v) is 6.68. The fourth-order valence-corrected chi connectivity index (χ4v) is 2.54. The van der Waals surface area contributed by atoms with Gasteiger partial charge in [-0.05, 0) is 38.6 Å². The van der Waals surface area contributed by atoms with Crippen molar-refractivity contribution in [2.75, 3.05) is 25.5 Å². The Labute approximate surface area is 111 Å². The van der Waals surface area contributed by atoms with Gasteiger partial charge in [0, 0.05) is 12.6 Å². The lowest BCUT2D eigenvalue weighted by atomic mass is 10.0. The molecule has 1 atom stereocenters. The van der Waals surface area contributed by atoms with E-state index in [1.807, 2.05) is 0 Å². The van der Waals surface area contributed by atoms with Crippen LogP contribution >= 0.6 is 0 Å². The second-order valence-corrected chi connectivity index (χ2v) is 5.10. The maximum absolute atomic E-state index is 13.1. The highest BCUT2D eigenvalue weighted by molar-refractivity contribution is 5.43. The van der Waals surface area contributed by atoms with Crippen molar-refractivity contribution in [3.63, 3.8) is 0 Å². The van der Waals surface area contributed by atoms with Gasteiger partial charge in [-0.1, -0.05) is 6.42 Å². The van der Waals surface area contributed by atoms with Gasteiger partial charge in [0.25, 0.3) is 0 Å². The largest absolute Gasteiger partial charge is 0.351 e. The number of nitrogens with one attached hydrogen (secondary N) is 1. The zero-order valence-corrected chi connectivity index (χ0v) is 11.0. The van der Waals surface area contributed by atoms with Crippen LogP contribution in [-0.2, 0) is 0 Å². The summed E-state index contributed by atoms with van der Waals surface area (Å²) < 4.78 is 14.5. The van der Waals surface area contributed by atoms with Crippen LogP contribution in [0.5, 0.6) is 0 Å². The lowest BCUT2D eigenvalue weighted by Crippen LogP contribution is -2.40. The van der Waals surface area contributed by atoms with Crippen molar-refractivity contribution in [1.29, 1.82) is 0 Å². The molecule has 102 valence electrons. The third kappa shape index (κ3) is 2.68. The van der Waals surface area contributed by atoms with Crippen LogP contribution in [0, 0.1) is 5.82 Å². The normalized spacial score (nSPS) is 20.8. The number of halogens is 1. The number of hydrogen-bond acceptors (Lipinski definition) is 4. The smallest absolute Gasteiger partial charge is 0.243 e. The summed E-state index contributed by atoms with van der Waals surface area (Å²) in [6, 6.07) is 3.54. The standard InChI is InChI=1S/C13H18FN5/c1-18-7-3-2-4-11(18)8-15-13-16-12-6-5-10(14)9-19(12)17-13/h5-6,9,11H,2-4,7-8H2,1H3,(H,15,17). The van der Waals surface area contributed by atoms with E-state index in [0.29, 0.717) is 17.6 Å². The number of anilines is 1. The summed E-state index contributed by atoms with van der Waals surface area (Å²) in [5, 5.41) is 7.47. The monoisotopic (exact) mass is 263 g/mol. The molecule has 2 aromatic rings. The van der Waals surface area contributed by atoms with Gasteiger partial charge in [0.1, 0.15) is 5.82 Å². The summed E-state index contributed by atoms with van der Waals surface area (Å²) >= 11 is 0. The molecule has 19 heavy (non-hydrogen) atoms. The molecule has 1 aliphatic rings. The minimum atomic E-state index is -0.309. The van der Waals surface area contributed by atoms with Crippen LogP contribution in [0.1, 0.15) is 19.3 Å². The molecule has 0 aliphatic carbocycles. The van der Waals surface area contributed by atoms with Crippen molar-refractivity contribution < 1.29 is 4.39 Å². The number of nitrogens with zero attached hydrogens (tertiary/aromatic N) is 4. The van der Waals surface area contributed by atoms with E-state index in [9.17, 15) is 4.39 Å². The average molecular weight is 263 g/mol. The van der Waals surface area contributed by atoms with E-state index in [-0.39, 0.29) is 5.82 Å². The Morgan fingerprint density at radius 3 is 3.16 bits per heavy atom. The zero-order valence-electron chi connectivity index (χ0n) is 11.0. The Morgan fingerprint density at radius 1 is 1.42 bits per heavy atom. The third-order valence-electron chi connectivity index (χ3n) is 3.71. The molecule has 0 bridgehead atoms. The van der Waals surface area contributed by atoms with Crippen LogP contribution in [0.25, 0.3) is 5.65 Å². The van der Waals surface area contributed by atoms with Gasteiger partial charge in [-0.15, -0.1) is 5.10 Å². The highest BCUT2D eigenvalue weighted by Crippen LogP contribution is 2.15. The second-order valence-electron chi connectivity index (χ2n) is 5.10. The summed E-state index contributed by atoms with van der Waals surface area (Å²) in [5.41, 5.74) is 0.654. The van der Waals surface area contributed by atoms with Crippen molar-refractivity contribution in [3.05, 3.63) is 24.1 Å². The van der Waals surface area contributed by atoms with Gasteiger partial charge in [0.05, 0.1) is 6.20 Å². The van der Waals surface area contributed by atoms with Crippen molar-refractivity contribution in [1.82, 2.24) is 19.5 Å². The fraction of sp³-hybridized carbons (Fsp3) is 0.538. The van der Waals surface area contributed by atoms with Crippen molar-refractivity contribution >= 4 is 11.6 Å². The molecule has 3 rings (SSSR count). The van der Waals surface area contributed by atoms with Crippen molar-refractivity contribution in [3.8, 4) is 0 Å². The van der Waals surface area contributed by atoms with Crippen LogP contribution in [0.2, 0.25) is 0 Å². The average Bonchev–Trinajstić information content (AvgIpc) is 2.79. The van der Waals surface area contributed by atoms with Crippen molar-refractivity contribution in [2.45, 2.75) is 25.3 Å². The molecule has 0 spiro atoms. The number of piperidine rings is 1.